The summed E-state index contributed by atoms with van der Waals surface area (Å²) in [6.45, 7) is 2.29. The van der Waals surface area contributed by atoms with Crippen LogP contribution in [0.15, 0.2) is 17.2 Å². The molecule has 1 fully saturated rings. The molecule has 18 heavy (non-hydrogen) atoms. The summed E-state index contributed by atoms with van der Waals surface area (Å²) in [6, 6.07) is 2.28. The smallest absolute Gasteiger partial charge is 0.348 e. The van der Waals surface area contributed by atoms with Crippen molar-refractivity contribution in [3.63, 3.8) is 0 Å². The fourth-order valence-corrected chi connectivity index (χ4v) is 2.66. The number of nitrogens with one attached hydrogen (secondary N) is 2. The fourth-order valence-electron chi connectivity index (χ4n) is 2.66. The van der Waals surface area contributed by atoms with Gasteiger partial charge in [0.05, 0.1) is 0 Å². The van der Waals surface area contributed by atoms with Crippen LogP contribution in [0.1, 0.15) is 32.6 Å². The molecule has 0 aromatic carbocycles. The maximum atomic E-state index is 11.3. The van der Waals surface area contributed by atoms with Gasteiger partial charge in [-0.1, -0.05) is 19.8 Å². The summed E-state index contributed by atoms with van der Waals surface area (Å²) < 4.78 is 1.40. The lowest BCUT2D eigenvalue weighted by Gasteiger charge is -2.27. The lowest BCUT2D eigenvalue weighted by molar-refractivity contribution is 0.358. The monoisotopic (exact) mass is 247 g/mol. The van der Waals surface area contributed by atoms with Gasteiger partial charge in [-0.2, -0.15) is 5.10 Å². The predicted octanol–water partition coefficient (Wildman–Crippen LogP) is 1.41. The van der Waals surface area contributed by atoms with Gasteiger partial charge >= 0.3 is 5.69 Å². The lowest BCUT2D eigenvalue weighted by atomic mass is 9.87. The molecule has 96 valence electrons. The molecule has 2 heterocycles. The molecule has 0 radical (unpaired) electrons. The van der Waals surface area contributed by atoms with Gasteiger partial charge in [0, 0.05) is 12.1 Å². The van der Waals surface area contributed by atoms with Crippen molar-refractivity contribution in [2.45, 2.75) is 38.6 Å². The molecule has 6 heteroatoms. The van der Waals surface area contributed by atoms with E-state index in [4.69, 9.17) is 0 Å². The van der Waals surface area contributed by atoms with Crippen LogP contribution in [0.2, 0.25) is 0 Å². The average molecular weight is 247 g/mol. The van der Waals surface area contributed by atoms with E-state index < -0.39 is 0 Å². The zero-order valence-electron chi connectivity index (χ0n) is 10.4. The number of hydrogen-bond donors (Lipinski definition) is 2. The van der Waals surface area contributed by atoms with Gasteiger partial charge in [-0.3, -0.25) is 0 Å². The Bertz CT molecular complexity index is 602. The molecular weight excluding hydrogens is 230 g/mol. The number of fused-ring (bicyclic) bond motifs is 1. The van der Waals surface area contributed by atoms with Crippen molar-refractivity contribution in [1.29, 1.82) is 0 Å². The highest BCUT2D eigenvalue weighted by Crippen LogP contribution is 2.25. The normalized spacial score (nSPS) is 24.3. The molecule has 0 aliphatic heterocycles. The fraction of sp³-hybridized carbons (Fsp3) is 0.583. The van der Waals surface area contributed by atoms with Gasteiger partial charge < -0.3 is 5.32 Å². The summed E-state index contributed by atoms with van der Waals surface area (Å²) in [5, 5.41) is 9.77. The number of H-pyrrole nitrogens is 1. The lowest BCUT2D eigenvalue weighted by Crippen LogP contribution is -2.26. The van der Waals surface area contributed by atoms with E-state index in [1.807, 2.05) is 0 Å². The van der Waals surface area contributed by atoms with Gasteiger partial charge in [0.1, 0.15) is 12.1 Å². The minimum Gasteiger partial charge on any atom is -0.367 e. The van der Waals surface area contributed by atoms with E-state index in [0.29, 0.717) is 11.7 Å². The molecule has 0 spiro atoms. The molecular formula is C12H17N5O. The second kappa shape index (κ2) is 4.44. The Morgan fingerprint density at radius 2 is 2.39 bits per heavy atom. The number of aromatic nitrogens is 4. The number of hydrogen-bond acceptors (Lipinski definition) is 4. The average Bonchev–Trinajstić information content (AvgIpc) is 2.71. The van der Waals surface area contributed by atoms with Crippen LogP contribution in [0.5, 0.6) is 0 Å². The van der Waals surface area contributed by atoms with E-state index in [0.717, 1.165) is 11.7 Å². The third-order valence-electron chi connectivity index (χ3n) is 3.60. The first-order chi connectivity index (χ1) is 8.72. The Kier molecular flexibility index (Phi) is 2.77. The molecule has 6 nitrogen and oxygen atoms in total. The number of aromatic amines is 1. The zero-order valence-corrected chi connectivity index (χ0v) is 10.4. The Morgan fingerprint density at radius 3 is 3.22 bits per heavy atom. The summed E-state index contributed by atoms with van der Waals surface area (Å²) >= 11 is 0. The van der Waals surface area contributed by atoms with E-state index in [-0.39, 0.29) is 5.69 Å². The summed E-state index contributed by atoms with van der Waals surface area (Å²) in [7, 11) is 0. The van der Waals surface area contributed by atoms with Crippen molar-refractivity contribution < 1.29 is 0 Å². The maximum Gasteiger partial charge on any atom is 0.348 e. The summed E-state index contributed by atoms with van der Waals surface area (Å²) in [5.74, 6) is 1.56. The molecule has 3 rings (SSSR count). The summed E-state index contributed by atoms with van der Waals surface area (Å²) in [4.78, 5) is 15.6. The van der Waals surface area contributed by atoms with Crippen LogP contribution in [0, 0.1) is 5.92 Å². The van der Waals surface area contributed by atoms with E-state index in [1.54, 1.807) is 6.07 Å². The molecule has 0 saturated heterocycles. The van der Waals surface area contributed by atoms with Gasteiger partial charge in [0.25, 0.3) is 0 Å². The molecule has 1 aliphatic carbocycles. The first-order valence-corrected chi connectivity index (χ1v) is 6.41. The number of rotatable bonds is 2. The van der Waals surface area contributed by atoms with Crippen LogP contribution < -0.4 is 11.0 Å². The van der Waals surface area contributed by atoms with Crippen LogP contribution in [0.25, 0.3) is 5.65 Å². The summed E-state index contributed by atoms with van der Waals surface area (Å²) in [5.41, 5.74) is 0.344. The molecule has 1 saturated carbocycles. The Morgan fingerprint density at radius 1 is 1.50 bits per heavy atom. The highest BCUT2D eigenvalue weighted by Gasteiger charge is 2.19. The predicted molar refractivity (Wildman–Crippen MR) is 68.7 cm³/mol. The van der Waals surface area contributed by atoms with Crippen LogP contribution in [0.4, 0.5) is 5.82 Å². The highest BCUT2D eigenvalue weighted by molar-refractivity contribution is 5.48. The van der Waals surface area contributed by atoms with Gasteiger partial charge in [-0.25, -0.2) is 19.3 Å². The van der Waals surface area contributed by atoms with Crippen molar-refractivity contribution in [2.24, 2.45) is 5.92 Å². The molecule has 0 amide bonds. The molecule has 1 aliphatic rings. The van der Waals surface area contributed by atoms with Crippen molar-refractivity contribution in [3.8, 4) is 0 Å². The van der Waals surface area contributed by atoms with Gasteiger partial charge in [-0.05, 0) is 18.8 Å². The van der Waals surface area contributed by atoms with Crippen molar-refractivity contribution in [3.05, 3.63) is 22.9 Å². The second-order valence-corrected chi connectivity index (χ2v) is 5.14. The molecule has 2 N–H and O–H groups in total. The second-order valence-electron chi connectivity index (χ2n) is 5.14. The number of nitrogens with zero attached hydrogens (tertiary/aromatic N) is 3. The number of anilines is 1. The first-order valence-electron chi connectivity index (χ1n) is 6.41. The van der Waals surface area contributed by atoms with Crippen LogP contribution in [0.3, 0.4) is 0 Å². The first kappa shape index (κ1) is 11.3. The Hall–Kier alpha value is -1.85. The quantitative estimate of drug-likeness (QED) is 0.841. The van der Waals surface area contributed by atoms with Crippen LogP contribution in [-0.4, -0.2) is 25.6 Å². The van der Waals surface area contributed by atoms with Gasteiger partial charge in [-0.15, -0.1) is 0 Å². The van der Waals surface area contributed by atoms with Crippen LogP contribution >= 0.6 is 0 Å². The van der Waals surface area contributed by atoms with Crippen molar-refractivity contribution in [1.82, 2.24) is 19.6 Å². The zero-order chi connectivity index (χ0) is 12.5. The molecule has 0 bridgehead atoms. The molecule has 2 atom stereocenters. The Labute approximate surface area is 104 Å². The van der Waals surface area contributed by atoms with Crippen molar-refractivity contribution >= 4 is 11.5 Å². The largest absolute Gasteiger partial charge is 0.367 e. The molecule has 2 aromatic rings. The minimum atomic E-state index is -0.254. The van der Waals surface area contributed by atoms with Crippen molar-refractivity contribution in [2.75, 3.05) is 5.32 Å². The maximum absolute atomic E-state index is 11.3. The van der Waals surface area contributed by atoms with Gasteiger partial charge in [0.15, 0.2) is 5.65 Å². The van der Waals surface area contributed by atoms with E-state index in [9.17, 15) is 4.79 Å². The highest BCUT2D eigenvalue weighted by atomic mass is 16.1. The van der Waals surface area contributed by atoms with Gasteiger partial charge in [0.2, 0.25) is 0 Å². The minimum absolute atomic E-state index is 0.254. The SMILES string of the molecule is CC1CCCC(Nc2cc3n[nH]c(=O)n3cn2)C1. The topological polar surface area (TPSA) is 75.1 Å². The third-order valence-corrected chi connectivity index (χ3v) is 3.60. The molecule has 2 unspecified atom stereocenters. The Balaban J connectivity index is 1.80. The van der Waals surface area contributed by atoms with E-state index >= 15 is 0 Å². The van der Waals surface area contributed by atoms with E-state index in [2.05, 4.69) is 27.4 Å². The van der Waals surface area contributed by atoms with E-state index in [1.165, 1.54) is 36.4 Å². The third kappa shape index (κ3) is 2.10. The van der Waals surface area contributed by atoms with Crippen LogP contribution in [-0.2, 0) is 0 Å². The summed E-state index contributed by atoms with van der Waals surface area (Å²) in [6.07, 6.45) is 6.46. The standard InChI is InChI=1S/C12H17N5O/c1-8-3-2-4-9(5-8)14-10-6-11-15-16-12(18)17(11)7-13-10/h6-9,14H,2-5H2,1H3,(H,16,18). The molecule has 2 aromatic heterocycles.